The van der Waals surface area contributed by atoms with Crippen LogP contribution < -0.4 is 10.6 Å². The average Bonchev–Trinajstić information content (AvgIpc) is 2.74. The molecule has 2 aromatic rings. The molecule has 1 aromatic heterocycles. The van der Waals surface area contributed by atoms with E-state index in [0.29, 0.717) is 18.5 Å². The molecule has 30 heavy (non-hydrogen) atoms. The zero-order valence-corrected chi connectivity index (χ0v) is 18.2. The third-order valence-electron chi connectivity index (χ3n) is 6.35. The molecule has 7 heteroatoms. The van der Waals surface area contributed by atoms with Crippen LogP contribution in [-0.2, 0) is 16.1 Å². The number of fused-ring (bicyclic) bond motifs is 1. The third-order valence-corrected chi connectivity index (χ3v) is 6.75. The second kappa shape index (κ2) is 9.31. The third kappa shape index (κ3) is 4.60. The van der Waals surface area contributed by atoms with Crippen molar-refractivity contribution >= 4 is 23.5 Å². The van der Waals surface area contributed by atoms with Gasteiger partial charge in [-0.1, -0.05) is 24.3 Å². The Balaban J connectivity index is 1.48. The summed E-state index contributed by atoms with van der Waals surface area (Å²) < 4.78 is 5.31. The topological polar surface area (TPSA) is 76.1 Å². The van der Waals surface area contributed by atoms with Crippen LogP contribution in [0.3, 0.4) is 0 Å². The van der Waals surface area contributed by atoms with Crippen molar-refractivity contribution in [1.82, 2.24) is 15.3 Å². The van der Waals surface area contributed by atoms with Gasteiger partial charge in [-0.2, -0.15) is 0 Å². The van der Waals surface area contributed by atoms with Gasteiger partial charge in [-0.25, -0.2) is 9.97 Å². The molecular formula is C23H29ClN4O2. The van der Waals surface area contributed by atoms with Gasteiger partial charge in [0.1, 0.15) is 0 Å². The van der Waals surface area contributed by atoms with Crippen molar-refractivity contribution in [1.29, 1.82) is 0 Å². The van der Waals surface area contributed by atoms with E-state index in [9.17, 15) is 4.79 Å². The lowest BCUT2D eigenvalue weighted by Crippen LogP contribution is -2.55. The van der Waals surface area contributed by atoms with E-state index in [1.807, 2.05) is 37.3 Å². The number of benzene rings is 1. The van der Waals surface area contributed by atoms with Gasteiger partial charge in [-0.3, -0.25) is 4.79 Å². The molecule has 4 rings (SSSR count). The molecule has 2 N–H and O–H groups in total. The van der Waals surface area contributed by atoms with E-state index in [1.165, 1.54) is 0 Å². The van der Waals surface area contributed by atoms with Crippen LogP contribution in [0.2, 0.25) is 0 Å². The number of ether oxygens (including phenoxy) is 1. The van der Waals surface area contributed by atoms with E-state index in [4.69, 9.17) is 21.3 Å². The van der Waals surface area contributed by atoms with Crippen LogP contribution >= 0.6 is 11.6 Å². The number of alkyl halides is 1. The number of carbonyl (C=O) groups excluding carboxylic acids is 1. The number of hydrogen-bond donors (Lipinski definition) is 2. The molecule has 1 aliphatic heterocycles. The Bertz CT molecular complexity index is 893. The monoisotopic (exact) mass is 428 g/mol. The molecule has 0 bridgehead atoms. The molecular weight excluding hydrogens is 400 g/mol. The number of aromatic nitrogens is 2. The molecule has 1 amide bonds. The minimum absolute atomic E-state index is 0.0777. The molecule has 0 radical (unpaired) electrons. The second-order valence-electron chi connectivity index (χ2n) is 8.42. The molecule has 2 fully saturated rings. The fourth-order valence-electron chi connectivity index (χ4n) is 4.75. The lowest BCUT2D eigenvalue weighted by atomic mass is 9.74. The summed E-state index contributed by atoms with van der Waals surface area (Å²) in [6.45, 7) is 2.55. The number of anilines is 1. The summed E-state index contributed by atoms with van der Waals surface area (Å²) in [5, 5.41) is 6.80. The highest BCUT2D eigenvalue weighted by atomic mass is 35.5. The van der Waals surface area contributed by atoms with Gasteiger partial charge in [-0.15, -0.1) is 11.6 Å². The van der Waals surface area contributed by atoms with Gasteiger partial charge in [0, 0.05) is 36.3 Å². The number of hydrogen-bond acceptors (Lipinski definition) is 5. The average molecular weight is 429 g/mol. The predicted molar refractivity (Wildman–Crippen MR) is 118 cm³/mol. The quantitative estimate of drug-likeness (QED) is 0.680. The summed E-state index contributed by atoms with van der Waals surface area (Å²) in [5.74, 6) is 0.967. The van der Waals surface area contributed by atoms with Gasteiger partial charge < -0.3 is 15.4 Å². The molecule has 2 heterocycles. The van der Waals surface area contributed by atoms with Crippen molar-refractivity contribution < 1.29 is 9.53 Å². The van der Waals surface area contributed by atoms with Gasteiger partial charge >= 0.3 is 0 Å². The highest BCUT2D eigenvalue weighted by Crippen LogP contribution is 2.37. The van der Waals surface area contributed by atoms with Crippen molar-refractivity contribution in [3.8, 4) is 11.3 Å². The summed E-state index contributed by atoms with van der Waals surface area (Å²) in [4.78, 5) is 21.8. The number of methoxy groups -OCH3 is 1. The first kappa shape index (κ1) is 21.1. The fraction of sp³-hybridized carbons (Fsp3) is 0.522. The van der Waals surface area contributed by atoms with Crippen LogP contribution in [0.25, 0.3) is 11.3 Å². The van der Waals surface area contributed by atoms with Crippen LogP contribution in [0, 0.1) is 11.8 Å². The maximum Gasteiger partial charge on any atom is 0.225 e. The lowest BCUT2D eigenvalue weighted by Gasteiger charge is -2.42. The first-order chi connectivity index (χ1) is 14.5. The maximum atomic E-state index is 12.7. The lowest BCUT2D eigenvalue weighted by molar-refractivity contribution is -0.130. The van der Waals surface area contributed by atoms with Crippen molar-refractivity contribution in [2.75, 3.05) is 12.4 Å². The molecule has 160 valence electrons. The van der Waals surface area contributed by atoms with E-state index >= 15 is 0 Å². The number of halogens is 1. The molecule has 1 saturated heterocycles. The molecule has 4 unspecified atom stereocenters. The van der Waals surface area contributed by atoms with Crippen molar-refractivity contribution in [3.05, 3.63) is 42.1 Å². The fourth-order valence-corrected chi connectivity index (χ4v) is 5.10. The van der Waals surface area contributed by atoms with Gasteiger partial charge in [-0.05, 0) is 50.2 Å². The van der Waals surface area contributed by atoms with Gasteiger partial charge in [0.05, 0.1) is 18.2 Å². The number of rotatable bonds is 6. The maximum absolute atomic E-state index is 12.7. The second-order valence-corrected chi connectivity index (χ2v) is 9.03. The Hall–Kier alpha value is -2.18. The number of carbonyl (C=O) groups is 1. The number of nitrogens with zero attached hydrogens (tertiary/aromatic N) is 2. The molecule has 5 atom stereocenters. The van der Waals surface area contributed by atoms with Crippen LogP contribution in [0.5, 0.6) is 0 Å². The van der Waals surface area contributed by atoms with Crippen molar-refractivity contribution in [2.45, 2.75) is 56.7 Å². The Morgan fingerprint density at radius 1 is 1.27 bits per heavy atom. The molecule has 2 aliphatic rings. The van der Waals surface area contributed by atoms with E-state index in [2.05, 4.69) is 15.6 Å². The number of nitrogens with one attached hydrogen (secondary N) is 2. The summed E-state index contributed by atoms with van der Waals surface area (Å²) in [7, 11) is 1.68. The minimum atomic E-state index is -0.124. The van der Waals surface area contributed by atoms with Crippen LogP contribution in [-0.4, -0.2) is 40.4 Å². The van der Waals surface area contributed by atoms with Crippen LogP contribution in [0.15, 0.2) is 36.5 Å². The van der Waals surface area contributed by atoms with Gasteiger partial charge in [0.15, 0.2) is 0 Å². The highest BCUT2D eigenvalue weighted by molar-refractivity contribution is 6.20. The largest absolute Gasteiger partial charge is 0.380 e. The Morgan fingerprint density at radius 3 is 2.93 bits per heavy atom. The smallest absolute Gasteiger partial charge is 0.225 e. The standard InChI is InChI=1S/C23H29ClN4O2/c1-14(19-12-16-11-17(24)7-8-20(16)27-22(19)29)26-23-25-10-9-21(28-23)18-6-4-3-5-15(18)13-30-2/h3-6,9-10,14,16-17,19-20H,7-8,11-13H2,1-2H3,(H,27,29)(H,25,26,28)/t14-,16?,17?,19?,20?/m0/s1. The Kier molecular flexibility index (Phi) is 6.54. The minimum Gasteiger partial charge on any atom is -0.380 e. The first-order valence-corrected chi connectivity index (χ1v) is 11.1. The van der Waals surface area contributed by atoms with Crippen LogP contribution in [0.1, 0.15) is 38.2 Å². The Morgan fingerprint density at radius 2 is 2.10 bits per heavy atom. The van der Waals surface area contributed by atoms with E-state index in [-0.39, 0.29) is 29.3 Å². The zero-order valence-electron chi connectivity index (χ0n) is 17.5. The first-order valence-electron chi connectivity index (χ1n) is 10.7. The molecule has 0 spiro atoms. The molecule has 1 aliphatic carbocycles. The molecule has 6 nitrogen and oxygen atoms in total. The summed E-state index contributed by atoms with van der Waals surface area (Å²) in [6.07, 6.45) is 5.53. The van der Waals surface area contributed by atoms with Crippen LogP contribution in [0.4, 0.5) is 5.95 Å². The van der Waals surface area contributed by atoms with E-state index in [0.717, 1.165) is 42.5 Å². The zero-order chi connectivity index (χ0) is 21.1. The van der Waals surface area contributed by atoms with Gasteiger partial charge in [0.2, 0.25) is 11.9 Å². The summed E-state index contributed by atoms with van der Waals surface area (Å²) in [5.41, 5.74) is 2.92. The van der Waals surface area contributed by atoms with Gasteiger partial charge in [0.25, 0.3) is 0 Å². The normalized spacial score (nSPS) is 27.1. The van der Waals surface area contributed by atoms with E-state index in [1.54, 1.807) is 13.3 Å². The highest BCUT2D eigenvalue weighted by Gasteiger charge is 2.41. The summed E-state index contributed by atoms with van der Waals surface area (Å²) >= 11 is 6.38. The number of amides is 1. The summed E-state index contributed by atoms with van der Waals surface area (Å²) in [6, 6.07) is 10.1. The molecule has 1 saturated carbocycles. The predicted octanol–water partition coefficient (Wildman–Crippen LogP) is 4.00. The Labute approximate surface area is 182 Å². The van der Waals surface area contributed by atoms with Crippen molar-refractivity contribution in [2.24, 2.45) is 11.8 Å². The number of piperidine rings is 1. The van der Waals surface area contributed by atoms with E-state index < -0.39 is 0 Å². The molecule has 1 aromatic carbocycles. The SMILES string of the molecule is COCc1ccccc1-c1ccnc(N[C@@H](C)C2CC3CC(Cl)CCC3NC2=O)n1. The van der Waals surface area contributed by atoms with Crippen molar-refractivity contribution in [3.63, 3.8) is 0 Å².